The Bertz CT molecular complexity index is 856. The Morgan fingerprint density at radius 1 is 1.27 bits per heavy atom. The molecule has 0 aliphatic rings. The average Bonchev–Trinajstić information content (AvgIpc) is 2.56. The van der Waals surface area contributed by atoms with Crippen molar-refractivity contribution in [2.24, 2.45) is 5.73 Å². The zero-order valence-corrected chi connectivity index (χ0v) is 15.2. The number of aromatic hydroxyl groups is 1. The molecule has 140 valence electrons. The van der Waals surface area contributed by atoms with Gasteiger partial charge in [-0.15, -0.1) is 0 Å². The van der Waals surface area contributed by atoms with E-state index in [2.05, 4.69) is 0 Å². The molecule has 7 nitrogen and oxygen atoms in total. The van der Waals surface area contributed by atoms with Gasteiger partial charge in [0.15, 0.2) is 17.3 Å². The van der Waals surface area contributed by atoms with Crippen LogP contribution in [0.25, 0.3) is 0 Å². The number of hydrogen-bond acceptors (Lipinski definition) is 6. The third-order valence-electron chi connectivity index (χ3n) is 3.75. The number of primary amides is 1. The van der Waals surface area contributed by atoms with Crippen molar-refractivity contribution in [1.29, 1.82) is 0 Å². The summed E-state index contributed by atoms with van der Waals surface area (Å²) >= 11 is 0. The number of ether oxygens (including phenoxy) is 2. The summed E-state index contributed by atoms with van der Waals surface area (Å²) in [4.78, 5) is 23.5. The van der Waals surface area contributed by atoms with E-state index in [1.54, 1.807) is 25.1 Å². The Labute approximate surface area is 151 Å². The number of amides is 1. The minimum Gasteiger partial charge on any atom is -0.502 e. The summed E-state index contributed by atoms with van der Waals surface area (Å²) in [5.41, 5.74) is 5.38. The van der Waals surface area contributed by atoms with E-state index in [4.69, 9.17) is 19.6 Å². The zero-order chi connectivity index (χ0) is 19.4. The van der Waals surface area contributed by atoms with E-state index in [1.165, 1.54) is 13.2 Å². The van der Waals surface area contributed by atoms with Gasteiger partial charge in [0, 0.05) is 12.5 Å². The summed E-state index contributed by atoms with van der Waals surface area (Å²) in [6.45, 7) is 5.37. The first kappa shape index (κ1) is 19.4. The molecule has 2 aromatic rings. The summed E-state index contributed by atoms with van der Waals surface area (Å²) < 4.78 is 16.6. The Morgan fingerprint density at radius 3 is 2.54 bits per heavy atom. The lowest BCUT2D eigenvalue weighted by Gasteiger charge is -2.19. The molecule has 2 rings (SSSR count). The molecule has 1 heterocycles. The topological polar surface area (TPSA) is 112 Å². The highest BCUT2D eigenvalue weighted by Crippen LogP contribution is 2.37. The first-order chi connectivity index (χ1) is 12.2. The summed E-state index contributed by atoms with van der Waals surface area (Å²) in [5, 5.41) is 10.2. The van der Waals surface area contributed by atoms with Gasteiger partial charge in [0.05, 0.1) is 19.1 Å². The van der Waals surface area contributed by atoms with Crippen molar-refractivity contribution in [3.63, 3.8) is 0 Å². The molecule has 0 bridgehead atoms. The second kappa shape index (κ2) is 7.95. The molecule has 0 aliphatic carbocycles. The first-order valence-corrected chi connectivity index (χ1v) is 8.19. The molecule has 0 saturated heterocycles. The number of rotatable bonds is 7. The van der Waals surface area contributed by atoms with Crippen LogP contribution in [0.15, 0.2) is 33.5 Å². The highest BCUT2D eigenvalue weighted by Gasteiger charge is 2.26. The minimum absolute atomic E-state index is 0.00613. The largest absolute Gasteiger partial charge is 0.502 e. The van der Waals surface area contributed by atoms with Crippen LogP contribution >= 0.6 is 0 Å². The third kappa shape index (κ3) is 4.36. The van der Waals surface area contributed by atoms with Crippen LogP contribution in [0.1, 0.15) is 43.3 Å². The fraction of sp³-hybridized carbons (Fsp3) is 0.368. The third-order valence-corrected chi connectivity index (χ3v) is 3.75. The molecule has 26 heavy (non-hydrogen) atoms. The molecule has 0 radical (unpaired) electrons. The van der Waals surface area contributed by atoms with Gasteiger partial charge < -0.3 is 24.7 Å². The minimum atomic E-state index is -0.734. The molecule has 7 heteroatoms. The van der Waals surface area contributed by atoms with E-state index >= 15 is 0 Å². The molecule has 1 aromatic carbocycles. The normalized spacial score (nSPS) is 12.0. The SMILES string of the molecule is COc1cc([C@H](CC(N)=O)c2oc(C)cc(=O)c2O)ccc1OC(C)C. The lowest BCUT2D eigenvalue weighted by Crippen LogP contribution is -2.18. The number of carbonyl (C=O) groups excluding carboxylic acids is 1. The summed E-state index contributed by atoms with van der Waals surface area (Å²) in [5.74, 6) is -0.554. The van der Waals surface area contributed by atoms with Gasteiger partial charge in [-0.2, -0.15) is 0 Å². The van der Waals surface area contributed by atoms with E-state index in [9.17, 15) is 14.7 Å². The van der Waals surface area contributed by atoms with Crippen LogP contribution in [-0.2, 0) is 4.79 Å². The second-order valence-electron chi connectivity index (χ2n) is 6.23. The average molecular weight is 361 g/mol. The molecule has 1 amide bonds. The number of nitrogens with two attached hydrogens (primary N) is 1. The van der Waals surface area contributed by atoms with Crippen molar-refractivity contribution in [3.8, 4) is 17.2 Å². The molecule has 1 atom stereocenters. The quantitative estimate of drug-likeness (QED) is 0.783. The van der Waals surface area contributed by atoms with E-state index in [0.717, 1.165) is 0 Å². The van der Waals surface area contributed by atoms with E-state index < -0.39 is 23.0 Å². The van der Waals surface area contributed by atoms with Gasteiger partial charge in [0.2, 0.25) is 17.1 Å². The fourth-order valence-corrected chi connectivity index (χ4v) is 2.68. The van der Waals surface area contributed by atoms with Crippen LogP contribution in [-0.4, -0.2) is 24.2 Å². The lowest BCUT2D eigenvalue weighted by molar-refractivity contribution is -0.118. The summed E-state index contributed by atoms with van der Waals surface area (Å²) in [6, 6.07) is 6.27. The van der Waals surface area contributed by atoms with E-state index in [-0.39, 0.29) is 18.3 Å². The standard InChI is InChI=1S/C19H23NO6/c1-10(2)25-15-6-5-12(8-16(15)24-4)13(9-17(20)22)19-18(23)14(21)7-11(3)26-19/h5-8,10,13,23H,9H2,1-4H3,(H2,20,22)/t13-/m0/s1. The Hall–Kier alpha value is -2.96. The highest BCUT2D eigenvalue weighted by atomic mass is 16.5. The lowest BCUT2D eigenvalue weighted by atomic mass is 9.91. The molecular formula is C19H23NO6. The van der Waals surface area contributed by atoms with Gasteiger partial charge >= 0.3 is 0 Å². The van der Waals surface area contributed by atoms with Crippen molar-refractivity contribution < 1.29 is 23.8 Å². The zero-order valence-electron chi connectivity index (χ0n) is 15.2. The van der Waals surface area contributed by atoms with Crippen LogP contribution in [0.5, 0.6) is 17.2 Å². The van der Waals surface area contributed by atoms with Gasteiger partial charge in [-0.3, -0.25) is 9.59 Å². The van der Waals surface area contributed by atoms with Crippen LogP contribution in [0.3, 0.4) is 0 Å². The Balaban J connectivity index is 2.58. The maximum Gasteiger partial charge on any atom is 0.227 e. The monoisotopic (exact) mass is 361 g/mol. The van der Waals surface area contributed by atoms with Gasteiger partial charge in [0.1, 0.15) is 5.76 Å². The number of benzene rings is 1. The molecular weight excluding hydrogens is 338 g/mol. The van der Waals surface area contributed by atoms with Crippen LogP contribution < -0.4 is 20.6 Å². The number of hydrogen-bond donors (Lipinski definition) is 2. The predicted octanol–water partition coefficient (Wildman–Crippen LogP) is 2.46. The molecule has 0 unspecified atom stereocenters. The molecule has 0 spiro atoms. The maximum atomic E-state index is 11.9. The highest BCUT2D eigenvalue weighted by molar-refractivity contribution is 5.75. The maximum absolute atomic E-state index is 11.9. The van der Waals surface area contributed by atoms with Crippen molar-refractivity contribution in [3.05, 3.63) is 51.6 Å². The summed E-state index contributed by atoms with van der Waals surface area (Å²) in [7, 11) is 1.50. The van der Waals surface area contributed by atoms with Gasteiger partial charge in [-0.1, -0.05) is 6.07 Å². The smallest absolute Gasteiger partial charge is 0.227 e. The van der Waals surface area contributed by atoms with Gasteiger partial charge in [-0.05, 0) is 38.5 Å². The van der Waals surface area contributed by atoms with E-state index in [0.29, 0.717) is 22.8 Å². The Kier molecular flexibility index (Phi) is 5.92. The van der Waals surface area contributed by atoms with Crippen LogP contribution in [0, 0.1) is 6.92 Å². The molecule has 0 saturated carbocycles. The van der Waals surface area contributed by atoms with E-state index in [1.807, 2.05) is 13.8 Å². The van der Waals surface area contributed by atoms with Crippen molar-refractivity contribution in [2.45, 2.75) is 39.2 Å². The van der Waals surface area contributed by atoms with Crippen LogP contribution in [0.2, 0.25) is 0 Å². The predicted molar refractivity (Wildman–Crippen MR) is 95.8 cm³/mol. The van der Waals surface area contributed by atoms with Gasteiger partial charge in [0.25, 0.3) is 0 Å². The Morgan fingerprint density at radius 2 is 1.96 bits per heavy atom. The molecule has 1 aromatic heterocycles. The van der Waals surface area contributed by atoms with Crippen molar-refractivity contribution >= 4 is 5.91 Å². The first-order valence-electron chi connectivity index (χ1n) is 8.19. The summed E-state index contributed by atoms with van der Waals surface area (Å²) in [6.07, 6.45) is -0.192. The second-order valence-corrected chi connectivity index (χ2v) is 6.23. The fourth-order valence-electron chi connectivity index (χ4n) is 2.68. The molecule has 3 N–H and O–H groups in total. The molecule has 0 fully saturated rings. The number of carbonyl (C=O) groups is 1. The van der Waals surface area contributed by atoms with Gasteiger partial charge in [-0.25, -0.2) is 0 Å². The van der Waals surface area contributed by atoms with Crippen LogP contribution in [0.4, 0.5) is 0 Å². The number of methoxy groups -OCH3 is 1. The molecule has 0 aliphatic heterocycles. The van der Waals surface area contributed by atoms with Crippen molar-refractivity contribution in [2.75, 3.05) is 7.11 Å². The number of aryl methyl sites for hydroxylation is 1. The van der Waals surface area contributed by atoms with Crippen molar-refractivity contribution in [1.82, 2.24) is 0 Å².